The molecule has 0 aliphatic rings. The number of rotatable bonds is 1. The van der Waals surface area contributed by atoms with Gasteiger partial charge in [-0.15, -0.1) is 0 Å². The fourth-order valence-corrected chi connectivity index (χ4v) is 0. The predicted octanol–water partition coefficient (Wildman–Crippen LogP) is 0.950. The average molecular weight is 113 g/mol. The molecule has 0 aromatic heterocycles. The van der Waals surface area contributed by atoms with Crippen LogP contribution < -0.4 is 0 Å². The Morgan fingerprint density at radius 1 is 1.50 bits per heavy atom. The second-order valence-electron chi connectivity index (χ2n) is 1.68. The molecule has 0 aliphatic carbocycles. The zero-order chi connectivity index (χ0) is 4.28. The van der Waals surface area contributed by atoms with E-state index < -0.39 is 0 Å². The zero-order valence-corrected chi connectivity index (χ0v) is 3.99. The summed E-state index contributed by atoms with van der Waals surface area (Å²) in [5.74, 6) is 0.773. The van der Waals surface area contributed by atoms with E-state index in [-0.39, 0.29) is 37.7 Å². The molecule has 1 radical (unpaired) electrons. The van der Waals surface area contributed by atoms with Crippen LogP contribution in [-0.4, -0.2) is 37.7 Å². The standard InChI is InChI=1S/C5H11.Ca.2H/c1-4-5(2)3;;;/h5H,1,4H2,2-3H3;;;. The van der Waals surface area contributed by atoms with E-state index in [0.29, 0.717) is 0 Å². The van der Waals surface area contributed by atoms with Gasteiger partial charge in [-0.05, 0) is 5.92 Å². The monoisotopic (exact) mass is 113 g/mol. The molecule has 0 aromatic rings. The summed E-state index contributed by atoms with van der Waals surface area (Å²) in [6, 6.07) is 0. The molecular formula is C5H13Ca. The summed E-state index contributed by atoms with van der Waals surface area (Å²) in [6.07, 6.45) is 1.06. The molecule has 0 atom stereocenters. The molecule has 0 fully saturated rings. The van der Waals surface area contributed by atoms with Crippen LogP contribution in [0.3, 0.4) is 0 Å². The van der Waals surface area contributed by atoms with E-state index in [1.165, 1.54) is 0 Å². The molecule has 6 heavy (non-hydrogen) atoms. The topological polar surface area (TPSA) is 0 Å². The van der Waals surface area contributed by atoms with Crippen molar-refractivity contribution in [2.75, 3.05) is 0 Å². The van der Waals surface area contributed by atoms with Crippen molar-refractivity contribution in [2.24, 2.45) is 5.92 Å². The van der Waals surface area contributed by atoms with Crippen LogP contribution in [-0.2, 0) is 0 Å². The first kappa shape index (κ1) is 10.3. The molecule has 0 heterocycles. The maximum atomic E-state index is 3.69. The van der Waals surface area contributed by atoms with Crippen LogP contribution in [0.25, 0.3) is 0 Å². The molecule has 0 nitrogen and oxygen atoms in total. The molecule has 0 spiro atoms. The van der Waals surface area contributed by atoms with E-state index in [0.717, 1.165) is 12.3 Å². The molecule has 35 valence electrons. The van der Waals surface area contributed by atoms with Crippen molar-refractivity contribution in [1.29, 1.82) is 0 Å². The summed E-state index contributed by atoms with van der Waals surface area (Å²) in [7, 11) is 0. The first-order valence-electron chi connectivity index (χ1n) is 2.06. The molecule has 0 N–H and O–H groups in total. The van der Waals surface area contributed by atoms with Crippen molar-refractivity contribution in [1.82, 2.24) is 0 Å². The quantitative estimate of drug-likeness (QED) is 0.444. The first-order chi connectivity index (χ1) is 2.27. The van der Waals surface area contributed by atoms with E-state index >= 15 is 0 Å². The molecule has 0 saturated carbocycles. The summed E-state index contributed by atoms with van der Waals surface area (Å²) in [5, 5.41) is 0. The van der Waals surface area contributed by atoms with Gasteiger partial charge in [0.25, 0.3) is 0 Å². The number of hydrogen-bond acceptors (Lipinski definition) is 0. The van der Waals surface area contributed by atoms with Gasteiger partial charge in [-0.3, -0.25) is 0 Å². The van der Waals surface area contributed by atoms with Crippen molar-refractivity contribution in [3.63, 3.8) is 0 Å². The van der Waals surface area contributed by atoms with Crippen LogP contribution in [0.4, 0.5) is 0 Å². The van der Waals surface area contributed by atoms with Gasteiger partial charge in [0.1, 0.15) is 0 Å². The van der Waals surface area contributed by atoms with Crippen LogP contribution in [0, 0.1) is 12.8 Å². The van der Waals surface area contributed by atoms with E-state index in [9.17, 15) is 0 Å². The van der Waals surface area contributed by atoms with Gasteiger partial charge in [0.2, 0.25) is 0 Å². The molecular weight excluding hydrogens is 100 g/mol. The second kappa shape index (κ2) is 6.26. The van der Waals surface area contributed by atoms with Crippen LogP contribution in [0.5, 0.6) is 0 Å². The molecule has 0 saturated heterocycles. The summed E-state index contributed by atoms with van der Waals surface area (Å²) in [4.78, 5) is 0. The Morgan fingerprint density at radius 2 is 1.67 bits per heavy atom. The number of hydrogen-bond donors (Lipinski definition) is 0. The van der Waals surface area contributed by atoms with Crippen LogP contribution in [0.1, 0.15) is 20.3 Å². The van der Waals surface area contributed by atoms with Gasteiger partial charge in [-0.25, -0.2) is 0 Å². The Labute approximate surface area is 70.3 Å². The Bertz CT molecular complexity index is 17.9. The Morgan fingerprint density at radius 3 is 1.67 bits per heavy atom. The van der Waals surface area contributed by atoms with E-state index in [2.05, 4.69) is 20.8 Å². The summed E-state index contributed by atoms with van der Waals surface area (Å²) >= 11 is 0. The van der Waals surface area contributed by atoms with Crippen molar-refractivity contribution < 1.29 is 0 Å². The minimum absolute atomic E-state index is 0. The van der Waals surface area contributed by atoms with Crippen LogP contribution in [0.2, 0.25) is 0 Å². The van der Waals surface area contributed by atoms with Crippen molar-refractivity contribution >= 4 is 37.7 Å². The maximum absolute atomic E-state index is 3.69. The predicted molar refractivity (Wildman–Crippen MR) is 33.4 cm³/mol. The van der Waals surface area contributed by atoms with E-state index in [1.54, 1.807) is 0 Å². The minimum atomic E-state index is 0. The summed E-state index contributed by atoms with van der Waals surface area (Å²) in [5.41, 5.74) is 0. The molecule has 0 aromatic carbocycles. The third-order valence-electron chi connectivity index (χ3n) is 0.577. The molecule has 0 bridgehead atoms. The molecule has 1 heteroatoms. The molecule has 0 aliphatic heterocycles. The third-order valence-corrected chi connectivity index (χ3v) is 0.577. The Hall–Kier alpha value is 1.26. The van der Waals surface area contributed by atoms with Gasteiger partial charge in [0, 0.05) is 0 Å². The van der Waals surface area contributed by atoms with Crippen molar-refractivity contribution in [3.8, 4) is 0 Å². The normalized spacial score (nSPS) is 8.00. The Kier molecular flexibility index (Phi) is 10.7. The third kappa shape index (κ3) is 8.98. The van der Waals surface area contributed by atoms with E-state index in [1.807, 2.05) is 0 Å². The summed E-state index contributed by atoms with van der Waals surface area (Å²) < 4.78 is 0. The average Bonchev–Trinajstić information content (AvgIpc) is 1.38. The fraction of sp³-hybridized carbons (Fsp3) is 0.800. The van der Waals surface area contributed by atoms with Gasteiger partial charge < -0.3 is 0 Å². The van der Waals surface area contributed by atoms with Crippen LogP contribution in [0.15, 0.2) is 0 Å². The van der Waals surface area contributed by atoms with Crippen molar-refractivity contribution in [3.05, 3.63) is 6.92 Å². The molecule has 0 amide bonds. The van der Waals surface area contributed by atoms with Gasteiger partial charge >= 0.3 is 37.7 Å². The van der Waals surface area contributed by atoms with Gasteiger partial charge in [0.05, 0.1) is 0 Å². The Balaban J connectivity index is 0. The SMILES string of the molecule is [CH2]CC(C)C.[CaH2]. The first-order valence-corrected chi connectivity index (χ1v) is 2.06. The van der Waals surface area contributed by atoms with Crippen molar-refractivity contribution in [2.45, 2.75) is 20.3 Å². The molecule has 0 rings (SSSR count). The van der Waals surface area contributed by atoms with Gasteiger partial charge in [-0.2, -0.15) is 0 Å². The summed E-state index contributed by atoms with van der Waals surface area (Å²) in [6.45, 7) is 8.00. The fourth-order valence-electron chi connectivity index (χ4n) is 0. The van der Waals surface area contributed by atoms with E-state index in [4.69, 9.17) is 0 Å². The van der Waals surface area contributed by atoms with Crippen LogP contribution >= 0.6 is 0 Å². The van der Waals surface area contributed by atoms with Gasteiger partial charge in [-0.1, -0.05) is 27.2 Å². The molecule has 0 unspecified atom stereocenters. The van der Waals surface area contributed by atoms with Gasteiger partial charge in [0.15, 0.2) is 0 Å². The second-order valence-corrected chi connectivity index (χ2v) is 1.68. The zero-order valence-electron chi connectivity index (χ0n) is 3.99.